The maximum atomic E-state index is 12.5. The van der Waals surface area contributed by atoms with Crippen LogP contribution in [0.15, 0.2) is 0 Å². The van der Waals surface area contributed by atoms with Crippen molar-refractivity contribution < 1.29 is 18.3 Å². The highest BCUT2D eigenvalue weighted by atomic mass is 32.2. The highest BCUT2D eigenvalue weighted by molar-refractivity contribution is 7.90. The van der Waals surface area contributed by atoms with E-state index < -0.39 is 10.0 Å². The molecule has 0 aromatic rings. The van der Waals surface area contributed by atoms with Crippen LogP contribution in [0.4, 0.5) is 0 Å². The van der Waals surface area contributed by atoms with Crippen LogP contribution in [0.5, 0.6) is 0 Å². The monoisotopic (exact) mass is 314 g/mol. The molecule has 0 spiro atoms. The Morgan fingerprint density at radius 3 is 2.29 bits per heavy atom. The molecule has 0 aromatic carbocycles. The molecule has 4 fully saturated rings. The minimum Gasteiger partial charge on any atom is -0.393 e. The molecule has 0 radical (unpaired) electrons. The van der Waals surface area contributed by atoms with Gasteiger partial charge >= 0.3 is 0 Å². The Hall–Kier alpha value is -0.660. The number of carbonyl (C=O) groups excluding carboxylic acids is 1. The number of likely N-dealkylation sites (tertiary alicyclic amines) is 1. The normalized spacial score (nSPS) is 40.1. The summed E-state index contributed by atoms with van der Waals surface area (Å²) in [5.41, 5.74) is 0. The van der Waals surface area contributed by atoms with E-state index in [4.69, 9.17) is 0 Å². The Morgan fingerprint density at radius 1 is 1.00 bits per heavy atom. The van der Waals surface area contributed by atoms with Crippen molar-refractivity contribution >= 4 is 15.9 Å². The largest absolute Gasteiger partial charge is 0.393 e. The Morgan fingerprint density at radius 2 is 1.67 bits per heavy atom. The van der Waals surface area contributed by atoms with Crippen LogP contribution in [0, 0.1) is 5.92 Å². The van der Waals surface area contributed by atoms with Gasteiger partial charge < -0.3 is 10.0 Å². The van der Waals surface area contributed by atoms with E-state index in [-0.39, 0.29) is 35.3 Å². The third-order valence-corrected chi connectivity index (χ3v) is 7.96. The van der Waals surface area contributed by atoms with E-state index in [1.807, 2.05) is 4.90 Å². The molecule has 0 aromatic heterocycles. The number of hydrogen-bond acceptors (Lipinski definition) is 4. The van der Waals surface area contributed by atoms with Crippen molar-refractivity contribution in [3.05, 3.63) is 0 Å². The van der Waals surface area contributed by atoms with E-state index in [1.165, 1.54) is 0 Å². The number of aliphatic hydroxyl groups is 1. The first kappa shape index (κ1) is 14.0. The Balaban J connectivity index is 1.47. The number of aliphatic hydroxyl groups excluding tert-OH is 1. The van der Waals surface area contributed by atoms with E-state index in [0.29, 0.717) is 25.9 Å². The first-order valence-electron chi connectivity index (χ1n) is 7.97. The molecule has 118 valence electrons. The molecule has 0 unspecified atom stereocenters. The van der Waals surface area contributed by atoms with E-state index in [9.17, 15) is 18.3 Å². The second-order valence-electron chi connectivity index (χ2n) is 6.92. The Labute approximate surface area is 125 Å². The van der Waals surface area contributed by atoms with E-state index in [0.717, 1.165) is 25.7 Å². The van der Waals surface area contributed by atoms with Gasteiger partial charge in [-0.3, -0.25) is 4.79 Å². The van der Waals surface area contributed by atoms with Crippen molar-refractivity contribution in [3.63, 3.8) is 0 Å². The topological polar surface area (TPSA) is 77.9 Å². The van der Waals surface area contributed by atoms with Crippen molar-refractivity contribution in [2.24, 2.45) is 5.92 Å². The zero-order valence-corrected chi connectivity index (χ0v) is 12.8. The first-order valence-corrected chi connectivity index (χ1v) is 9.48. The number of fused-ring (bicyclic) bond motifs is 1. The highest BCUT2D eigenvalue weighted by Gasteiger charge is 2.53. The van der Waals surface area contributed by atoms with Crippen molar-refractivity contribution in [1.82, 2.24) is 9.21 Å². The lowest BCUT2D eigenvalue weighted by Gasteiger charge is -2.35. The summed E-state index contributed by atoms with van der Waals surface area (Å²) in [6.45, 7) is 1.22. The maximum absolute atomic E-state index is 12.5. The third kappa shape index (κ3) is 2.12. The molecule has 4 rings (SSSR count). The molecule has 4 aliphatic rings. The van der Waals surface area contributed by atoms with Crippen LogP contribution in [0.1, 0.15) is 38.5 Å². The summed E-state index contributed by atoms with van der Waals surface area (Å²) in [7, 11) is -3.13. The van der Waals surface area contributed by atoms with Gasteiger partial charge in [-0.25, -0.2) is 8.42 Å². The van der Waals surface area contributed by atoms with Crippen molar-refractivity contribution in [2.75, 3.05) is 13.1 Å². The Bertz CT molecular complexity index is 553. The van der Waals surface area contributed by atoms with E-state index in [2.05, 4.69) is 0 Å². The summed E-state index contributed by atoms with van der Waals surface area (Å²) in [5, 5.41) is 9.19. The molecule has 1 N–H and O–H groups in total. The third-order valence-electron chi connectivity index (χ3n) is 5.54. The van der Waals surface area contributed by atoms with Crippen LogP contribution in [-0.4, -0.2) is 65.2 Å². The highest BCUT2D eigenvalue weighted by Crippen LogP contribution is 2.41. The van der Waals surface area contributed by atoms with Gasteiger partial charge in [-0.05, 0) is 38.5 Å². The maximum Gasteiger partial charge on any atom is 0.226 e. The summed E-state index contributed by atoms with van der Waals surface area (Å²) in [4.78, 5) is 14.4. The average Bonchev–Trinajstić information content (AvgIpc) is 3.05. The molecule has 7 heteroatoms. The van der Waals surface area contributed by atoms with Crippen molar-refractivity contribution in [2.45, 2.75) is 62.0 Å². The van der Waals surface area contributed by atoms with Crippen LogP contribution in [0.3, 0.4) is 0 Å². The molecule has 2 saturated carbocycles. The van der Waals surface area contributed by atoms with Crippen LogP contribution in [0.2, 0.25) is 0 Å². The molecule has 2 heterocycles. The minimum absolute atomic E-state index is 0.00968. The molecule has 0 bridgehead atoms. The zero-order chi connectivity index (χ0) is 14.8. The molecule has 6 nitrogen and oxygen atoms in total. The predicted octanol–water partition coefficient (Wildman–Crippen LogP) is -0.0753. The van der Waals surface area contributed by atoms with Crippen molar-refractivity contribution in [3.8, 4) is 0 Å². The summed E-state index contributed by atoms with van der Waals surface area (Å²) in [6.07, 6.45) is 3.91. The number of amides is 1. The fourth-order valence-corrected chi connectivity index (χ4v) is 6.22. The fourth-order valence-electron chi connectivity index (χ4n) is 4.12. The second-order valence-corrected chi connectivity index (χ2v) is 9.09. The van der Waals surface area contributed by atoms with Crippen LogP contribution >= 0.6 is 0 Å². The van der Waals surface area contributed by atoms with Gasteiger partial charge in [-0.2, -0.15) is 4.31 Å². The fraction of sp³-hybridized carbons (Fsp3) is 0.929. The van der Waals surface area contributed by atoms with Crippen LogP contribution in [-0.2, 0) is 14.8 Å². The number of nitrogens with zero attached hydrogens (tertiary/aromatic N) is 2. The van der Waals surface area contributed by atoms with Gasteiger partial charge in [0.05, 0.1) is 11.4 Å². The lowest BCUT2D eigenvalue weighted by atomic mass is 9.81. The van der Waals surface area contributed by atoms with Gasteiger partial charge in [-0.1, -0.05) is 0 Å². The SMILES string of the molecule is O=C(C1CC(O)C1)N1CC[C@H]2[C@H]1CCN2S(=O)(=O)C1CC1. The molecule has 2 saturated heterocycles. The van der Waals surface area contributed by atoms with Gasteiger partial charge in [0, 0.05) is 31.1 Å². The van der Waals surface area contributed by atoms with Gasteiger partial charge in [-0.15, -0.1) is 0 Å². The molecule has 2 aliphatic carbocycles. The lowest BCUT2D eigenvalue weighted by Crippen LogP contribution is -2.47. The molecule has 1 amide bonds. The predicted molar refractivity (Wildman–Crippen MR) is 75.9 cm³/mol. The van der Waals surface area contributed by atoms with Gasteiger partial charge in [0.25, 0.3) is 0 Å². The second kappa shape index (κ2) is 4.67. The minimum atomic E-state index is -3.13. The van der Waals surface area contributed by atoms with E-state index in [1.54, 1.807) is 4.31 Å². The van der Waals surface area contributed by atoms with Crippen LogP contribution < -0.4 is 0 Å². The molecule has 2 aliphatic heterocycles. The molecule has 21 heavy (non-hydrogen) atoms. The number of rotatable bonds is 3. The van der Waals surface area contributed by atoms with E-state index >= 15 is 0 Å². The smallest absolute Gasteiger partial charge is 0.226 e. The van der Waals surface area contributed by atoms with Gasteiger partial charge in [0.15, 0.2) is 0 Å². The number of hydrogen-bond donors (Lipinski definition) is 1. The lowest BCUT2D eigenvalue weighted by molar-refractivity contribution is -0.143. The van der Waals surface area contributed by atoms with Gasteiger partial charge in [0.1, 0.15) is 0 Å². The number of sulfonamides is 1. The van der Waals surface area contributed by atoms with Crippen LogP contribution in [0.25, 0.3) is 0 Å². The first-order chi connectivity index (χ1) is 9.98. The number of carbonyl (C=O) groups is 1. The summed E-state index contributed by atoms with van der Waals surface area (Å²) < 4.78 is 26.6. The summed E-state index contributed by atoms with van der Waals surface area (Å²) in [5.74, 6) is 0.0753. The Kier molecular flexibility index (Phi) is 3.10. The molecule has 2 atom stereocenters. The zero-order valence-electron chi connectivity index (χ0n) is 12.0. The molecular formula is C14H22N2O4S. The standard InChI is InChI=1S/C14H22N2O4S/c17-10-7-9(8-10)14(18)15-5-3-13-12(15)4-6-16(13)21(19,20)11-1-2-11/h9-13,17H,1-8H2/t9?,10?,12-,13+/m1/s1. The quantitative estimate of drug-likeness (QED) is 0.791. The van der Waals surface area contributed by atoms with Crippen molar-refractivity contribution in [1.29, 1.82) is 0 Å². The average molecular weight is 314 g/mol. The summed E-state index contributed by atoms with van der Waals surface area (Å²) >= 11 is 0. The van der Waals surface area contributed by atoms with Gasteiger partial charge in [0.2, 0.25) is 15.9 Å². The molecular weight excluding hydrogens is 292 g/mol. The summed E-state index contributed by atoms with van der Waals surface area (Å²) in [6, 6.07) is 0.0494.